The largest absolute Gasteiger partial charge is 0.466 e. The molecule has 0 fully saturated rings. The Balaban J connectivity index is 1.58. The van der Waals surface area contributed by atoms with Crippen molar-refractivity contribution >= 4 is 5.97 Å². The highest BCUT2D eigenvalue weighted by Crippen LogP contribution is 2.40. The summed E-state index contributed by atoms with van der Waals surface area (Å²) < 4.78 is 18.6. The smallest absolute Gasteiger partial charge is 0.305 e. The van der Waals surface area contributed by atoms with Gasteiger partial charge < -0.3 is 19.3 Å². The highest BCUT2D eigenvalue weighted by Gasteiger charge is 2.39. The maximum atomic E-state index is 11.7. The Kier molecular flexibility index (Phi) is 23.0. The van der Waals surface area contributed by atoms with Gasteiger partial charge in [0.25, 0.3) is 0 Å². The van der Waals surface area contributed by atoms with Gasteiger partial charge in [0.2, 0.25) is 0 Å². The number of carbonyl (C=O) groups excluding carboxylic acids is 1. The van der Waals surface area contributed by atoms with Crippen LogP contribution in [0.3, 0.4) is 0 Å². The standard InChI is InChI=1S/C47H70O5/c1-3-5-6-7-8-9-10-11-12-13-14-15-16-28-37-44(48)45(51-39-30-18-17-29-38-46(49)50-4-2)40-52-47(41-31-22-19-23-32-41,42-33-24-20-25-34-42)43-35-26-21-27-36-43/h19-27,31-36,44-45,48H,3-18,28-30,37-40H2,1-2H3/t44?,45-/m1/s1. The van der Waals surface area contributed by atoms with E-state index in [-0.39, 0.29) is 12.6 Å². The van der Waals surface area contributed by atoms with E-state index < -0.39 is 17.8 Å². The first-order valence-electron chi connectivity index (χ1n) is 20.9. The highest BCUT2D eigenvalue weighted by molar-refractivity contribution is 5.69. The molecule has 52 heavy (non-hydrogen) atoms. The molecule has 1 N–H and O–H groups in total. The first-order valence-corrected chi connectivity index (χ1v) is 20.9. The van der Waals surface area contributed by atoms with Crippen molar-refractivity contribution in [2.75, 3.05) is 19.8 Å². The van der Waals surface area contributed by atoms with Crippen molar-refractivity contribution in [2.24, 2.45) is 0 Å². The SMILES string of the molecule is CCCCCCCCCCCCCCCCC(O)[C@@H](COC(c1ccccc1)(c1ccccc1)c1ccccc1)OCCCCCCC(=O)OCC. The number of ether oxygens (including phenoxy) is 3. The molecule has 1 unspecified atom stereocenters. The Morgan fingerprint density at radius 1 is 0.577 bits per heavy atom. The molecule has 0 saturated carbocycles. The lowest BCUT2D eigenvalue weighted by molar-refractivity contribution is -0.143. The van der Waals surface area contributed by atoms with E-state index in [2.05, 4.69) is 79.7 Å². The second-order valence-electron chi connectivity index (χ2n) is 14.4. The third-order valence-electron chi connectivity index (χ3n) is 10.2. The number of hydrogen-bond acceptors (Lipinski definition) is 5. The maximum absolute atomic E-state index is 11.7. The number of unbranched alkanes of at least 4 members (excludes halogenated alkanes) is 16. The fraction of sp³-hybridized carbons (Fsp3) is 0.596. The zero-order valence-electron chi connectivity index (χ0n) is 32.7. The zero-order valence-corrected chi connectivity index (χ0v) is 32.7. The van der Waals surface area contributed by atoms with Gasteiger partial charge in [-0.3, -0.25) is 4.79 Å². The molecule has 2 atom stereocenters. The summed E-state index contributed by atoms with van der Waals surface area (Å²) in [6.07, 6.45) is 22.0. The van der Waals surface area contributed by atoms with Crippen molar-refractivity contribution in [3.05, 3.63) is 108 Å². The van der Waals surface area contributed by atoms with Gasteiger partial charge in [-0.25, -0.2) is 0 Å². The van der Waals surface area contributed by atoms with Crippen LogP contribution < -0.4 is 0 Å². The van der Waals surface area contributed by atoms with Gasteiger partial charge in [0.05, 0.1) is 19.3 Å². The second kappa shape index (κ2) is 27.6. The Hall–Kier alpha value is -2.99. The molecule has 0 bridgehead atoms. The molecule has 5 heteroatoms. The molecule has 0 aliphatic rings. The van der Waals surface area contributed by atoms with Gasteiger partial charge in [-0.2, -0.15) is 0 Å². The monoisotopic (exact) mass is 715 g/mol. The highest BCUT2D eigenvalue weighted by atomic mass is 16.6. The van der Waals surface area contributed by atoms with Crippen molar-refractivity contribution in [3.63, 3.8) is 0 Å². The van der Waals surface area contributed by atoms with E-state index in [9.17, 15) is 9.90 Å². The van der Waals surface area contributed by atoms with Crippen LogP contribution in [0.15, 0.2) is 91.0 Å². The summed E-state index contributed by atoms with van der Waals surface area (Å²) in [6.45, 7) is 5.34. The Morgan fingerprint density at radius 2 is 1.00 bits per heavy atom. The van der Waals surface area contributed by atoms with Gasteiger partial charge in [-0.1, -0.05) is 201 Å². The van der Waals surface area contributed by atoms with E-state index in [1.807, 2.05) is 25.1 Å². The van der Waals surface area contributed by atoms with Gasteiger partial charge in [0, 0.05) is 13.0 Å². The van der Waals surface area contributed by atoms with Gasteiger partial charge >= 0.3 is 5.97 Å². The molecule has 3 aromatic rings. The number of benzene rings is 3. The number of hydrogen-bond donors (Lipinski definition) is 1. The summed E-state index contributed by atoms with van der Waals surface area (Å²) in [5, 5.41) is 11.6. The first kappa shape index (κ1) is 43.4. The molecular weight excluding hydrogens is 645 g/mol. The fourth-order valence-electron chi connectivity index (χ4n) is 7.17. The third-order valence-corrected chi connectivity index (χ3v) is 10.2. The predicted molar refractivity (Wildman–Crippen MR) is 216 cm³/mol. The van der Waals surface area contributed by atoms with Crippen LogP contribution in [0.2, 0.25) is 0 Å². The van der Waals surface area contributed by atoms with Gasteiger partial charge in [-0.15, -0.1) is 0 Å². The topological polar surface area (TPSA) is 65.0 Å². The van der Waals surface area contributed by atoms with E-state index in [1.54, 1.807) is 0 Å². The number of rotatable bonds is 31. The normalized spacial score (nSPS) is 12.8. The summed E-state index contributed by atoms with van der Waals surface area (Å²) in [4.78, 5) is 11.7. The summed E-state index contributed by atoms with van der Waals surface area (Å²) in [6, 6.07) is 31.2. The maximum Gasteiger partial charge on any atom is 0.305 e. The van der Waals surface area contributed by atoms with Crippen LogP contribution in [-0.4, -0.2) is 43.1 Å². The predicted octanol–water partition coefficient (Wildman–Crippen LogP) is 12.1. The summed E-state index contributed by atoms with van der Waals surface area (Å²) >= 11 is 0. The summed E-state index contributed by atoms with van der Waals surface area (Å²) in [7, 11) is 0. The molecule has 0 radical (unpaired) electrons. The van der Waals surface area contributed by atoms with Crippen LogP contribution in [0.5, 0.6) is 0 Å². The number of aliphatic hydroxyl groups excluding tert-OH is 1. The fourth-order valence-corrected chi connectivity index (χ4v) is 7.17. The van der Waals surface area contributed by atoms with E-state index >= 15 is 0 Å². The van der Waals surface area contributed by atoms with Crippen molar-refractivity contribution in [3.8, 4) is 0 Å². The van der Waals surface area contributed by atoms with Gasteiger partial charge in [-0.05, 0) is 42.9 Å². The van der Waals surface area contributed by atoms with Crippen molar-refractivity contribution in [1.29, 1.82) is 0 Å². The zero-order chi connectivity index (χ0) is 37.0. The average molecular weight is 715 g/mol. The van der Waals surface area contributed by atoms with Crippen LogP contribution in [0.4, 0.5) is 0 Å². The van der Waals surface area contributed by atoms with Crippen molar-refractivity contribution in [2.45, 2.75) is 160 Å². The Morgan fingerprint density at radius 3 is 1.46 bits per heavy atom. The van der Waals surface area contributed by atoms with Gasteiger partial charge in [0.15, 0.2) is 0 Å². The summed E-state index contributed by atoms with van der Waals surface area (Å²) in [5.74, 6) is -0.124. The molecule has 0 aliphatic heterocycles. The van der Waals surface area contributed by atoms with Crippen molar-refractivity contribution < 1.29 is 24.1 Å². The minimum absolute atomic E-state index is 0.124. The van der Waals surface area contributed by atoms with E-state index in [0.29, 0.717) is 26.1 Å². The van der Waals surface area contributed by atoms with Crippen LogP contribution in [0.25, 0.3) is 0 Å². The summed E-state index contributed by atoms with van der Waals surface area (Å²) in [5.41, 5.74) is 2.24. The second-order valence-corrected chi connectivity index (χ2v) is 14.4. The Bertz CT molecular complexity index is 1170. The third kappa shape index (κ3) is 16.4. The molecule has 0 aromatic heterocycles. The van der Waals surface area contributed by atoms with Crippen LogP contribution in [0.1, 0.15) is 159 Å². The Labute approximate surface area is 316 Å². The van der Waals surface area contributed by atoms with Crippen LogP contribution >= 0.6 is 0 Å². The minimum Gasteiger partial charge on any atom is -0.466 e. The lowest BCUT2D eigenvalue weighted by Gasteiger charge is -2.37. The molecular formula is C47H70O5. The average Bonchev–Trinajstić information content (AvgIpc) is 3.18. The molecule has 288 valence electrons. The van der Waals surface area contributed by atoms with Crippen molar-refractivity contribution in [1.82, 2.24) is 0 Å². The van der Waals surface area contributed by atoms with Crippen LogP contribution in [-0.2, 0) is 24.6 Å². The lowest BCUT2D eigenvalue weighted by Crippen LogP contribution is -2.40. The van der Waals surface area contributed by atoms with E-state index in [4.69, 9.17) is 14.2 Å². The van der Waals surface area contributed by atoms with Crippen LogP contribution in [0, 0.1) is 0 Å². The number of esters is 1. The molecule has 0 aliphatic carbocycles. The lowest BCUT2D eigenvalue weighted by atomic mass is 9.80. The molecule has 3 rings (SSSR count). The van der Waals surface area contributed by atoms with E-state index in [0.717, 1.165) is 55.2 Å². The molecule has 3 aromatic carbocycles. The van der Waals surface area contributed by atoms with Gasteiger partial charge in [0.1, 0.15) is 11.7 Å². The molecule has 0 heterocycles. The van der Waals surface area contributed by atoms with E-state index in [1.165, 1.54) is 77.0 Å². The molecule has 0 spiro atoms. The first-order chi connectivity index (χ1) is 25.6. The number of carbonyl (C=O) groups is 1. The molecule has 0 saturated heterocycles. The molecule has 0 amide bonds. The minimum atomic E-state index is -0.868. The number of aliphatic hydroxyl groups is 1. The molecule has 5 nitrogen and oxygen atoms in total. The quantitative estimate of drug-likeness (QED) is 0.0408.